The Bertz CT molecular complexity index is 321. The van der Waals surface area contributed by atoms with E-state index in [1.165, 1.54) is 11.8 Å². The molecule has 1 unspecified atom stereocenters. The van der Waals surface area contributed by atoms with Crippen LogP contribution in [0.1, 0.15) is 13.8 Å². The molecule has 5 nitrogen and oxygen atoms in total. The third-order valence-electron chi connectivity index (χ3n) is 1.66. The van der Waals surface area contributed by atoms with Gasteiger partial charge in [-0.15, -0.1) is 11.8 Å². The summed E-state index contributed by atoms with van der Waals surface area (Å²) in [4.78, 5) is 8.12. The van der Waals surface area contributed by atoms with Crippen LogP contribution < -0.4 is 11.1 Å². The van der Waals surface area contributed by atoms with Gasteiger partial charge in [-0.25, -0.2) is 4.98 Å². The third-order valence-corrected chi connectivity index (χ3v) is 2.66. The van der Waals surface area contributed by atoms with Crippen molar-refractivity contribution < 1.29 is 5.11 Å². The van der Waals surface area contributed by atoms with Crippen molar-refractivity contribution in [1.29, 1.82) is 0 Å². The fourth-order valence-electron chi connectivity index (χ4n) is 1.02. The minimum absolute atomic E-state index is 0.105. The van der Waals surface area contributed by atoms with Crippen LogP contribution in [0.25, 0.3) is 0 Å². The summed E-state index contributed by atoms with van der Waals surface area (Å²) in [6.07, 6.45) is 0. The van der Waals surface area contributed by atoms with Crippen LogP contribution in [0, 0.1) is 0 Å². The zero-order valence-corrected chi connectivity index (χ0v) is 9.71. The molecule has 0 aliphatic carbocycles. The van der Waals surface area contributed by atoms with Crippen LogP contribution in [0.3, 0.4) is 0 Å². The van der Waals surface area contributed by atoms with Gasteiger partial charge in [0, 0.05) is 17.9 Å². The van der Waals surface area contributed by atoms with E-state index in [-0.39, 0.29) is 17.8 Å². The third kappa shape index (κ3) is 3.93. The van der Waals surface area contributed by atoms with Crippen molar-refractivity contribution in [1.82, 2.24) is 9.97 Å². The van der Waals surface area contributed by atoms with Crippen molar-refractivity contribution in [3.8, 4) is 0 Å². The predicted molar refractivity (Wildman–Crippen MR) is 63.0 cm³/mol. The lowest BCUT2D eigenvalue weighted by atomic mass is 10.5. The zero-order chi connectivity index (χ0) is 11.3. The molecular formula is C9H16N4OS. The molecule has 1 aromatic heterocycles. The maximum absolute atomic E-state index is 8.93. The first-order valence-corrected chi connectivity index (χ1v) is 5.69. The number of hydrogen-bond acceptors (Lipinski definition) is 6. The summed E-state index contributed by atoms with van der Waals surface area (Å²) in [5.41, 5.74) is 5.57. The molecule has 1 heterocycles. The van der Waals surface area contributed by atoms with E-state index >= 15 is 0 Å². The van der Waals surface area contributed by atoms with Crippen LogP contribution >= 0.6 is 11.8 Å². The van der Waals surface area contributed by atoms with Gasteiger partial charge in [0.15, 0.2) is 0 Å². The van der Waals surface area contributed by atoms with Crippen molar-refractivity contribution in [2.24, 2.45) is 0 Å². The molecule has 1 rings (SSSR count). The lowest BCUT2D eigenvalue weighted by molar-refractivity contribution is 0.300. The average molecular weight is 228 g/mol. The van der Waals surface area contributed by atoms with Gasteiger partial charge in [-0.1, -0.05) is 6.92 Å². The number of aromatic nitrogens is 2. The van der Waals surface area contributed by atoms with Gasteiger partial charge in [0.05, 0.1) is 6.61 Å². The molecule has 0 fully saturated rings. The minimum Gasteiger partial charge on any atom is -0.395 e. The Morgan fingerprint density at radius 1 is 1.60 bits per heavy atom. The smallest absolute Gasteiger partial charge is 0.223 e. The summed E-state index contributed by atoms with van der Waals surface area (Å²) in [5.74, 6) is 0.971. The van der Waals surface area contributed by atoms with Crippen LogP contribution in [0.4, 0.5) is 11.8 Å². The molecule has 4 N–H and O–H groups in total. The standard InChI is InChI=1S/C9H16N4OS/c1-3-11-7-4-8(13-9(10)12-7)15-6(2)5-14/h4,6,14H,3,5H2,1-2H3,(H3,10,11,12,13). The van der Waals surface area contributed by atoms with Crippen LogP contribution in [0.15, 0.2) is 11.1 Å². The molecule has 0 aliphatic rings. The molecule has 0 aliphatic heterocycles. The monoisotopic (exact) mass is 228 g/mol. The highest BCUT2D eigenvalue weighted by atomic mass is 32.2. The molecular weight excluding hydrogens is 212 g/mol. The highest BCUT2D eigenvalue weighted by Crippen LogP contribution is 2.23. The molecule has 0 saturated heterocycles. The highest BCUT2D eigenvalue weighted by Gasteiger charge is 2.06. The van der Waals surface area contributed by atoms with Gasteiger partial charge in [0.25, 0.3) is 0 Å². The van der Waals surface area contributed by atoms with E-state index in [2.05, 4.69) is 15.3 Å². The van der Waals surface area contributed by atoms with E-state index in [1.807, 2.05) is 19.9 Å². The SMILES string of the molecule is CCNc1cc(SC(C)CO)nc(N)n1. The number of aliphatic hydroxyl groups excluding tert-OH is 1. The normalized spacial score (nSPS) is 12.5. The summed E-state index contributed by atoms with van der Waals surface area (Å²) in [7, 11) is 0. The topological polar surface area (TPSA) is 84.1 Å². The average Bonchev–Trinajstić information content (AvgIpc) is 2.17. The van der Waals surface area contributed by atoms with Gasteiger partial charge in [-0.05, 0) is 6.92 Å². The molecule has 0 amide bonds. The summed E-state index contributed by atoms with van der Waals surface area (Å²) in [6.45, 7) is 4.82. The Balaban J connectivity index is 2.78. The largest absolute Gasteiger partial charge is 0.395 e. The second kappa shape index (κ2) is 5.77. The fourth-order valence-corrected chi connectivity index (χ4v) is 1.83. The zero-order valence-electron chi connectivity index (χ0n) is 8.90. The molecule has 1 aromatic rings. The molecule has 0 aromatic carbocycles. The van der Waals surface area contributed by atoms with Gasteiger partial charge in [0.2, 0.25) is 5.95 Å². The first kappa shape index (κ1) is 12.1. The van der Waals surface area contributed by atoms with E-state index < -0.39 is 0 Å². The molecule has 1 atom stereocenters. The van der Waals surface area contributed by atoms with Crippen LogP contribution in [0.2, 0.25) is 0 Å². The van der Waals surface area contributed by atoms with Crippen molar-refractivity contribution in [2.75, 3.05) is 24.2 Å². The Morgan fingerprint density at radius 2 is 2.33 bits per heavy atom. The van der Waals surface area contributed by atoms with E-state index in [4.69, 9.17) is 10.8 Å². The molecule has 84 valence electrons. The summed E-state index contributed by atoms with van der Waals surface area (Å²) >= 11 is 1.48. The van der Waals surface area contributed by atoms with Crippen molar-refractivity contribution in [3.63, 3.8) is 0 Å². The highest BCUT2D eigenvalue weighted by molar-refractivity contribution is 7.99. The maximum Gasteiger partial charge on any atom is 0.223 e. The van der Waals surface area contributed by atoms with E-state index in [1.54, 1.807) is 0 Å². The Kier molecular flexibility index (Phi) is 4.64. The Labute approximate surface area is 93.5 Å². The molecule has 0 spiro atoms. The van der Waals surface area contributed by atoms with E-state index in [9.17, 15) is 0 Å². The number of hydrogen-bond donors (Lipinski definition) is 3. The number of nitrogen functional groups attached to an aromatic ring is 1. The summed E-state index contributed by atoms with van der Waals surface area (Å²) in [5, 5.41) is 12.9. The number of nitrogens with two attached hydrogens (primary N) is 1. The van der Waals surface area contributed by atoms with Crippen molar-refractivity contribution >= 4 is 23.5 Å². The summed E-state index contributed by atoms with van der Waals surface area (Å²) in [6, 6.07) is 1.83. The lowest BCUT2D eigenvalue weighted by Gasteiger charge is -2.09. The van der Waals surface area contributed by atoms with Crippen LogP contribution in [0.5, 0.6) is 0 Å². The van der Waals surface area contributed by atoms with Crippen LogP contribution in [-0.4, -0.2) is 33.5 Å². The number of nitrogens with one attached hydrogen (secondary N) is 1. The Hall–Kier alpha value is -1.01. The van der Waals surface area contributed by atoms with Crippen molar-refractivity contribution in [2.45, 2.75) is 24.1 Å². The van der Waals surface area contributed by atoms with Gasteiger partial charge < -0.3 is 16.2 Å². The first-order chi connectivity index (χ1) is 7.15. The molecule has 0 saturated carbocycles. The predicted octanol–water partition coefficient (Wildman–Crippen LogP) is 0.963. The first-order valence-electron chi connectivity index (χ1n) is 4.81. The van der Waals surface area contributed by atoms with Gasteiger partial charge >= 0.3 is 0 Å². The number of rotatable bonds is 5. The Morgan fingerprint density at radius 3 is 2.93 bits per heavy atom. The molecule has 6 heteroatoms. The molecule has 0 bridgehead atoms. The van der Waals surface area contributed by atoms with Crippen molar-refractivity contribution in [3.05, 3.63) is 6.07 Å². The number of anilines is 2. The number of thioether (sulfide) groups is 1. The van der Waals surface area contributed by atoms with Gasteiger partial charge in [0.1, 0.15) is 10.8 Å². The minimum atomic E-state index is 0.105. The van der Waals surface area contributed by atoms with Gasteiger partial charge in [-0.2, -0.15) is 4.98 Å². The van der Waals surface area contributed by atoms with E-state index in [0.29, 0.717) is 0 Å². The quantitative estimate of drug-likeness (QED) is 0.514. The van der Waals surface area contributed by atoms with Gasteiger partial charge in [-0.3, -0.25) is 0 Å². The fraction of sp³-hybridized carbons (Fsp3) is 0.556. The number of aliphatic hydroxyl groups is 1. The summed E-state index contributed by atoms with van der Waals surface area (Å²) < 4.78 is 0. The van der Waals surface area contributed by atoms with E-state index in [0.717, 1.165) is 17.4 Å². The molecule has 0 radical (unpaired) electrons. The van der Waals surface area contributed by atoms with Crippen LogP contribution in [-0.2, 0) is 0 Å². The lowest BCUT2D eigenvalue weighted by Crippen LogP contribution is -2.06. The second-order valence-electron chi connectivity index (χ2n) is 3.09. The molecule has 15 heavy (non-hydrogen) atoms. The second-order valence-corrected chi connectivity index (χ2v) is 4.55. The maximum atomic E-state index is 8.93. The number of nitrogens with zero attached hydrogens (tertiary/aromatic N) is 2.